The number of nitrogens with two attached hydrogens (primary N) is 1. The molecule has 0 spiro atoms. The van der Waals surface area contributed by atoms with Crippen molar-refractivity contribution in [3.8, 4) is 0 Å². The van der Waals surface area contributed by atoms with E-state index in [-0.39, 0.29) is 11.9 Å². The molecular weight excluding hydrogens is 142 g/mol. The zero-order valence-electron chi connectivity index (χ0n) is 7.68. The molecule has 0 fully saturated rings. The van der Waals surface area contributed by atoms with Gasteiger partial charge in [-0.25, -0.2) is 0 Å². The highest BCUT2D eigenvalue weighted by Crippen LogP contribution is 2.14. The topological polar surface area (TPSA) is 52.3 Å². The number of rotatable bonds is 3. The quantitative estimate of drug-likeness (QED) is 0.623. The third-order valence-electron chi connectivity index (χ3n) is 1.91. The van der Waals surface area contributed by atoms with Crippen LogP contribution in [0.5, 0.6) is 0 Å². The number of hydrogen-bond donors (Lipinski definition) is 1. The largest absolute Gasteiger partial charge is 0.465 e. The van der Waals surface area contributed by atoms with Gasteiger partial charge >= 0.3 is 5.97 Å². The molecule has 1 atom stereocenters. The maximum Gasteiger partial charge on any atom is 0.326 e. The molecule has 0 aliphatic rings. The van der Waals surface area contributed by atoms with E-state index in [9.17, 15) is 4.79 Å². The molecule has 0 aliphatic carbocycles. The monoisotopic (exact) mass is 159 g/mol. The van der Waals surface area contributed by atoms with E-state index in [2.05, 4.69) is 0 Å². The average Bonchev–Trinajstić information content (AvgIpc) is 1.88. The summed E-state index contributed by atoms with van der Waals surface area (Å²) in [6, 6.07) is 0. The standard InChI is InChI=1S/C8H17NO2/c1-5-11-7(10)8(4,9)6(2)3/h6H,5,9H2,1-4H3. The van der Waals surface area contributed by atoms with Crippen LogP contribution in [0, 0.1) is 5.92 Å². The van der Waals surface area contributed by atoms with Crippen LogP contribution < -0.4 is 5.73 Å². The predicted octanol–water partition coefficient (Wildman–Crippen LogP) is 0.923. The Morgan fingerprint density at radius 2 is 2.09 bits per heavy atom. The van der Waals surface area contributed by atoms with Crippen LogP contribution in [-0.4, -0.2) is 18.1 Å². The Balaban J connectivity index is 4.18. The van der Waals surface area contributed by atoms with Gasteiger partial charge in [-0.15, -0.1) is 0 Å². The smallest absolute Gasteiger partial charge is 0.326 e. The highest BCUT2D eigenvalue weighted by Gasteiger charge is 2.33. The Morgan fingerprint density at radius 3 is 2.36 bits per heavy atom. The van der Waals surface area contributed by atoms with Crippen molar-refractivity contribution in [3.63, 3.8) is 0 Å². The molecule has 2 N–H and O–H groups in total. The van der Waals surface area contributed by atoms with Crippen molar-refractivity contribution in [3.05, 3.63) is 0 Å². The van der Waals surface area contributed by atoms with E-state index >= 15 is 0 Å². The molecule has 11 heavy (non-hydrogen) atoms. The molecule has 0 aliphatic heterocycles. The second kappa shape index (κ2) is 3.72. The minimum absolute atomic E-state index is 0.0987. The summed E-state index contributed by atoms with van der Waals surface area (Å²) in [4.78, 5) is 11.2. The Hall–Kier alpha value is -0.570. The molecule has 3 heteroatoms. The van der Waals surface area contributed by atoms with Crippen LogP contribution in [0.4, 0.5) is 0 Å². The van der Waals surface area contributed by atoms with Crippen LogP contribution in [0.2, 0.25) is 0 Å². The van der Waals surface area contributed by atoms with Crippen LogP contribution in [-0.2, 0) is 9.53 Å². The first kappa shape index (κ1) is 10.4. The summed E-state index contributed by atoms with van der Waals surface area (Å²) in [6.07, 6.45) is 0. The second-order valence-corrected chi connectivity index (χ2v) is 3.16. The lowest BCUT2D eigenvalue weighted by Crippen LogP contribution is -2.50. The fourth-order valence-electron chi connectivity index (χ4n) is 0.522. The average molecular weight is 159 g/mol. The van der Waals surface area contributed by atoms with Gasteiger partial charge in [0, 0.05) is 0 Å². The number of carbonyl (C=O) groups is 1. The van der Waals surface area contributed by atoms with E-state index in [1.807, 2.05) is 13.8 Å². The molecule has 0 saturated heterocycles. The van der Waals surface area contributed by atoms with Crippen LogP contribution in [0.25, 0.3) is 0 Å². The van der Waals surface area contributed by atoms with Crippen LogP contribution in [0.3, 0.4) is 0 Å². The number of carbonyl (C=O) groups excluding carboxylic acids is 1. The number of ether oxygens (including phenoxy) is 1. The third kappa shape index (κ3) is 2.50. The highest BCUT2D eigenvalue weighted by molar-refractivity contribution is 5.80. The summed E-state index contributed by atoms with van der Waals surface area (Å²) in [7, 11) is 0. The van der Waals surface area contributed by atoms with Gasteiger partial charge in [-0.2, -0.15) is 0 Å². The Morgan fingerprint density at radius 1 is 1.64 bits per heavy atom. The lowest BCUT2D eigenvalue weighted by Gasteiger charge is -2.25. The van der Waals surface area contributed by atoms with Gasteiger partial charge in [0.2, 0.25) is 0 Å². The third-order valence-corrected chi connectivity index (χ3v) is 1.91. The van der Waals surface area contributed by atoms with Gasteiger partial charge in [-0.3, -0.25) is 4.79 Å². The minimum atomic E-state index is -0.851. The Bertz CT molecular complexity index is 141. The normalized spacial score (nSPS) is 16.2. The molecule has 0 aromatic rings. The van der Waals surface area contributed by atoms with Crippen molar-refractivity contribution in [2.24, 2.45) is 11.7 Å². The van der Waals surface area contributed by atoms with E-state index in [0.29, 0.717) is 6.61 Å². The molecule has 66 valence electrons. The SMILES string of the molecule is CCOC(=O)C(C)(N)C(C)C. The molecule has 0 rings (SSSR count). The molecule has 0 amide bonds. The zero-order valence-corrected chi connectivity index (χ0v) is 7.68. The molecule has 1 unspecified atom stereocenters. The fourth-order valence-corrected chi connectivity index (χ4v) is 0.522. The van der Waals surface area contributed by atoms with E-state index < -0.39 is 5.54 Å². The summed E-state index contributed by atoms with van der Waals surface area (Å²) in [5, 5.41) is 0. The molecule has 0 saturated carbocycles. The lowest BCUT2D eigenvalue weighted by atomic mass is 9.90. The molecular formula is C8H17NO2. The molecule has 3 nitrogen and oxygen atoms in total. The lowest BCUT2D eigenvalue weighted by molar-refractivity contribution is -0.150. The van der Waals surface area contributed by atoms with Crippen LogP contribution in [0.1, 0.15) is 27.7 Å². The first-order valence-electron chi connectivity index (χ1n) is 3.89. The maximum absolute atomic E-state index is 11.2. The minimum Gasteiger partial charge on any atom is -0.465 e. The molecule has 0 radical (unpaired) electrons. The summed E-state index contributed by atoms with van der Waals surface area (Å²) in [5.74, 6) is -0.225. The molecule has 0 aromatic heterocycles. The number of hydrogen-bond acceptors (Lipinski definition) is 3. The maximum atomic E-state index is 11.2. The van der Waals surface area contributed by atoms with Crippen molar-refractivity contribution < 1.29 is 9.53 Å². The van der Waals surface area contributed by atoms with Gasteiger partial charge in [-0.1, -0.05) is 13.8 Å². The van der Waals surface area contributed by atoms with Gasteiger partial charge < -0.3 is 10.5 Å². The van der Waals surface area contributed by atoms with Crippen LogP contribution >= 0.6 is 0 Å². The van der Waals surface area contributed by atoms with E-state index in [1.165, 1.54) is 0 Å². The highest BCUT2D eigenvalue weighted by atomic mass is 16.5. The zero-order chi connectivity index (χ0) is 9.07. The molecule has 0 bridgehead atoms. The van der Waals surface area contributed by atoms with E-state index in [0.717, 1.165) is 0 Å². The first-order chi connectivity index (χ1) is 4.92. The van der Waals surface area contributed by atoms with Gasteiger partial charge in [0.25, 0.3) is 0 Å². The predicted molar refractivity (Wildman–Crippen MR) is 44.1 cm³/mol. The summed E-state index contributed by atoms with van der Waals surface area (Å²) in [6.45, 7) is 7.65. The summed E-state index contributed by atoms with van der Waals surface area (Å²) in [5.41, 5.74) is 4.86. The summed E-state index contributed by atoms with van der Waals surface area (Å²) >= 11 is 0. The van der Waals surface area contributed by atoms with Gasteiger partial charge in [0.05, 0.1) is 6.61 Å². The van der Waals surface area contributed by atoms with E-state index in [1.54, 1.807) is 13.8 Å². The van der Waals surface area contributed by atoms with Crippen molar-refractivity contribution in [1.82, 2.24) is 0 Å². The van der Waals surface area contributed by atoms with Crippen molar-refractivity contribution in [2.45, 2.75) is 33.2 Å². The van der Waals surface area contributed by atoms with Crippen LogP contribution in [0.15, 0.2) is 0 Å². The van der Waals surface area contributed by atoms with E-state index in [4.69, 9.17) is 10.5 Å². The second-order valence-electron chi connectivity index (χ2n) is 3.16. The molecule has 0 heterocycles. The van der Waals surface area contributed by atoms with Crippen molar-refractivity contribution >= 4 is 5.97 Å². The van der Waals surface area contributed by atoms with Gasteiger partial charge in [0.1, 0.15) is 5.54 Å². The first-order valence-corrected chi connectivity index (χ1v) is 3.89. The number of esters is 1. The fraction of sp³-hybridized carbons (Fsp3) is 0.875. The van der Waals surface area contributed by atoms with Crippen molar-refractivity contribution in [1.29, 1.82) is 0 Å². The summed E-state index contributed by atoms with van der Waals surface area (Å²) < 4.78 is 4.80. The molecule has 0 aromatic carbocycles. The Labute approximate surface area is 67.9 Å². The van der Waals surface area contributed by atoms with Crippen molar-refractivity contribution in [2.75, 3.05) is 6.61 Å². The Kier molecular flexibility index (Phi) is 3.52. The van der Waals surface area contributed by atoms with Gasteiger partial charge in [0.15, 0.2) is 0 Å². The van der Waals surface area contributed by atoms with Gasteiger partial charge in [-0.05, 0) is 19.8 Å².